The van der Waals surface area contributed by atoms with Crippen LogP contribution in [0.4, 0.5) is 5.82 Å². The molecular formula is C23H26N4O. The van der Waals surface area contributed by atoms with Crippen molar-refractivity contribution < 1.29 is 4.79 Å². The van der Waals surface area contributed by atoms with E-state index in [1.54, 1.807) is 11.0 Å². The molecule has 28 heavy (non-hydrogen) atoms. The summed E-state index contributed by atoms with van der Waals surface area (Å²) in [5.74, 6) is 1.19. The lowest BCUT2D eigenvalue weighted by molar-refractivity contribution is 0.0746. The predicted molar refractivity (Wildman–Crippen MR) is 112 cm³/mol. The molecule has 1 N–H and O–H groups in total. The fourth-order valence-corrected chi connectivity index (χ4v) is 3.04. The molecule has 0 aliphatic rings. The monoisotopic (exact) mass is 374 g/mol. The Morgan fingerprint density at radius 3 is 2.25 bits per heavy atom. The average molecular weight is 374 g/mol. The minimum absolute atomic E-state index is 0.0806. The number of amides is 1. The van der Waals surface area contributed by atoms with Gasteiger partial charge in [-0.05, 0) is 31.4 Å². The number of rotatable bonds is 8. The van der Waals surface area contributed by atoms with Gasteiger partial charge in [0.1, 0.15) is 17.3 Å². The Kier molecular flexibility index (Phi) is 6.73. The zero-order chi connectivity index (χ0) is 19.8. The number of hydrogen-bond acceptors (Lipinski definition) is 4. The first kappa shape index (κ1) is 19.5. The van der Waals surface area contributed by atoms with Crippen molar-refractivity contribution in [2.75, 3.05) is 18.4 Å². The highest BCUT2D eigenvalue weighted by atomic mass is 16.2. The van der Waals surface area contributed by atoms with E-state index in [2.05, 4.69) is 27.4 Å². The van der Waals surface area contributed by atoms with Gasteiger partial charge in [-0.3, -0.25) is 4.79 Å². The third-order valence-electron chi connectivity index (χ3n) is 4.50. The lowest BCUT2D eigenvalue weighted by atomic mass is 10.1. The average Bonchev–Trinajstić information content (AvgIpc) is 2.72. The second kappa shape index (κ2) is 9.65. The number of carbonyl (C=O) groups excluding carboxylic acids is 1. The van der Waals surface area contributed by atoms with Gasteiger partial charge in [0.05, 0.1) is 0 Å². The summed E-state index contributed by atoms with van der Waals surface area (Å²) in [6.07, 6.45) is 0.891. The molecule has 1 heterocycles. The molecule has 1 amide bonds. The normalized spacial score (nSPS) is 10.5. The van der Waals surface area contributed by atoms with Gasteiger partial charge < -0.3 is 10.2 Å². The van der Waals surface area contributed by atoms with Crippen LogP contribution >= 0.6 is 0 Å². The quantitative estimate of drug-likeness (QED) is 0.645. The van der Waals surface area contributed by atoms with Gasteiger partial charge in [0, 0.05) is 25.7 Å². The molecule has 5 nitrogen and oxygen atoms in total. The van der Waals surface area contributed by atoms with Gasteiger partial charge in [0.15, 0.2) is 0 Å². The summed E-state index contributed by atoms with van der Waals surface area (Å²) in [5.41, 5.74) is 2.79. The topological polar surface area (TPSA) is 58.1 Å². The van der Waals surface area contributed by atoms with E-state index in [1.165, 1.54) is 5.56 Å². The van der Waals surface area contributed by atoms with Gasteiger partial charge in [-0.2, -0.15) is 0 Å². The van der Waals surface area contributed by atoms with Crippen LogP contribution in [0.5, 0.6) is 0 Å². The summed E-state index contributed by atoms with van der Waals surface area (Å²) in [5, 5.41) is 3.31. The van der Waals surface area contributed by atoms with E-state index in [9.17, 15) is 4.79 Å². The van der Waals surface area contributed by atoms with E-state index in [0.29, 0.717) is 30.4 Å². The highest BCUT2D eigenvalue weighted by molar-refractivity contribution is 5.93. The number of aryl methyl sites for hydroxylation is 1. The summed E-state index contributed by atoms with van der Waals surface area (Å²) in [4.78, 5) is 23.6. The number of hydrogen-bond donors (Lipinski definition) is 1. The van der Waals surface area contributed by atoms with Crippen LogP contribution in [0, 0.1) is 6.92 Å². The summed E-state index contributed by atoms with van der Waals surface area (Å²) >= 11 is 0. The van der Waals surface area contributed by atoms with Crippen LogP contribution in [-0.2, 0) is 13.0 Å². The van der Waals surface area contributed by atoms with Crippen molar-refractivity contribution in [3.63, 3.8) is 0 Å². The molecule has 0 atom stereocenters. The molecule has 3 rings (SSSR count). The number of benzene rings is 2. The smallest absolute Gasteiger partial charge is 0.272 e. The van der Waals surface area contributed by atoms with Gasteiger partial charge in [0.2, 0.25) is 0 Å². The molecule has 0 saturated carbocycles. The Morgan fingerprint density at radius 2 is 1.61 bits per heavy atom. The van der Waals surface area contributed by atoms with Crippen LogP contribution in [0.2, 0.25) is 0 Å². The number of nitrogens with zero attached hydrogens (tertiary/aromatic N) is 3. The van der Waals surface area contributed by atoms with Crippen molar-refractivity contribution in [3.05, 3.63) is 89.4 Å². The van der Waals surface area contributed by atoms with Crippen molar-refractivity contribution in [1.82, 2.24) is 14.9 Å². The summed E-state index contributed by atoms with van der Waals surface area (Å²) in [7, 11) is 0. The molecule has 0 aliphatic carbocycles. The van der Waals surface area contributed by atoms with Gasteiger partial charge in [-0.25, -0.2) is 9.97 Å². The maximum Gasteiger partial charge on any atom is 0.272 e. The van der Waals surface area contributed by atoms with E-state index in [4.69, 9.17) is 0 Å². The van der Waals surface area contributed by atoms with Crippen LogP contribution in [-0.4, -0.2) is 33.9 Å². The first-order valence-corrected chi connectivity index (χ1v) is 9.62. The van der Waals surface area contributed by atoms with Crippen LogP contribution in [0.25, 0.3) is 0 Å². The highest BCUT2D eigenvalue weighted by Crippen LogP contribution is 2.12. The fourth-order valence-electron chi connectivity index (χ4n) is 3.04. The molecule has 0 spiro atoms. The maximum absolute atomic E-state index is 13.0. The van der Waals surface area contributed by atoms with E-state index >= 15 is 0 Å². The van der Waals surface area contributed by atoms with Crippen LogP contribution < -0.4 is 5.32 Å². The summed E-state index contributed by atoms with van der Waals surface area (Å²) in [6, 6.07) is 22.0. The van der Waals surface area contributed by atoms with E-state index in [-0.39, 0.29) is 5.91 Å². The summed E-state index contributed by atoms with van der Waals surface area (Å²) < 4.78 is 0. The predicted octanol–water partition coefficient (Wildman–Crippen LogP) is 4.10. The van der Waals surface area contributed by atoms with Crippen LogP contribution in [0.15, 0.2) is 66.7 Å². The van der Waals surface area contributed by atoms with Crippen LogP contribution in [0.3, 0.4) is 0 Å². The Labute approximate surface area is 166 Å². The molecule has 0 radical (unpaired) electrons. The Hall–Kier alpha value is -3.21. The molecule has 2 aromatic carbocycles. The van der Waals surface area contributed by atoms with Crippen molar-refractivity contribution in [3.8, 4) is 0 Å². The number of aromatic nitrogens is 2. The molecule has 0 saturated heterocycles. The lowest BCUT2D eigenvalue weighted by Gasteiger charge is -2.21. The molecule has 3 aromatic rings. The van der Waals surface area contributed by atoms with Crippen molar-refractivity contribution in [1.29, 1.82) is 0 Å². The first-order chi connectivity index (χ1) is 13.7. The van der Waals surface area contributed by atoms with E-state index < -0.39 is 0 Å². The molecular weight excluding hydrogens is 348 g/mol. The molecule has 0 fully saturated rings. The fraction of sp³-hybridized carbons (Fsp3) is 0.261. The molecule has 1 aromatic heterocycles. The minimum atomic E-state index is -0.0806. The van der Waals surface area contributed by atoms with Gasteiger partial charge in [0.25, 0.3) is 5.91 Å². The van der Waals surface area contributed by atoms with Crippen molar-refractivity contribution in [2.45, 2.75) is 26.8 Å². The highest BCUT2D eigenvalue weighted by Gasteiger charge is 2.17. The minimum Gasteiger partial charge on any atom is -0.370 e. The second-order valence-corrected chi connectivity index (χ2v) is 6.65. The molecule has 144 valence electrons. The van der Waals surface area contributed by atoms with Gasteiger partial charge >= 0.3 is 0 Å². The van der Waals surface area contributed by atoms with Gasteiger partial charge in [-0.15, -0.1) is 0 Å². The van der Waals surface area contributed by atoms with Gasteiger partial charge in [-0.1, -0.05) is 60.7 Å². The standard InChI is InChI=1S/C23H26N4O/c1-3-27(17-20-12-8-5-9-13-20)23(28)21-16-22(26-18(2)25-21)24-15-14-19-10-6-4-7-11-19/h4-13,16H,3,14-15,17H2,1-2H3,(H,24,25,26). The Morgan fingerprint density at radius 1 is 0.964 bits per heavy atom. The third kappa shape index (κ3) is 5.39. The van der Waals surface area contributed by atoms with Crippen LogP contribution in [0.1, 0.15) is 34.4 Å². The molecule has 0 unspecified atom stereocenters. The lowest BCUT2D eigenvalue weighted by Crippen LogP contribution is -2.31. The molecule has 0 bridgehead atoms. The molecule has 0 aliphatic heterocycles. The summed E-state index contributed by atoms with van der Waals surface area (Å²) in [6.45, 7) is 5.72. The second-order valence-electron chi connectivity index (χ2n) is 6.65. The number of anilines is 1. The third-order valence-corrected chi connectivity index (χ3v) is 4.50. The SMILES string of the molecule is CCN(Cc1ccccc1)C(=O)c1cc(NCCc2ccccc2)nc(C)n1. The van der Waals surface area contributed by atoms with E-state index in [0.717, 1.165) is 18.5 Å². The first-order valence-electron chi connectivity index (χ1n) is 9.62. The number of carbonyl (C=O) groups is 1. The Balaban J connectivity index is 1.67. The largest absolute Gasteiger partial charge is 0.370 e. The van der Waals surface area contributed by atoms with E-state index in [1.807, 2.05) is 62.4 Å². The maximum atomic E-state index is 13.0. The number of nitrogens with one attached hydrogen (secondary N) is 1. The van der Waals surface area contributed by atoms with Crippen molar-refractivity contribution in [2.24, 2.45) is 0 Å². The van der Waals surface area contributed by atoms with Crippen molar-refractivity contribution >= 4 is 11.7 Å². The zero-order valence-electron chi connectivity index (χ0n) is 16.4. The zero-order valence-corrected chi connectivity index (χ0v) is 16.4. The molecule has 5 heteroatoms. The Bertz CT molecular complexity index is 897.